The van der Waals surface area contributed by atoms with Crippen LogP contribution >= 0.6 is 0 Å². The quantitative estimate of drug-likeness (QED) is 0.182. The van der Waals surface area contributed by atoms with Crippen molar-refractivity contribution in [2.75, 3.05) is 46.2 Å². The van der Waals surface area contributed by atoms with E-state index in [1.807, 2.05) is 0 Å². The molecule has 31 heavy (non-hydrogen) atoms. The second-order valence-electron chi connectivity index (χ2n) is 6.49. The molecule has 12 heteroatoms. The lowest BCUT2D eigenvalue weighted by molar-refractivity contribution is -0.199. The normalized spacial score (nSPS) is 17.2. The molecule has 4 amide bonds. The number of carbonyl (C=O) groups is 5. The second kappa shape index (κ2) is 12.9. The Bertz CT molecular complexity index is 674. The summed E-state index contributed by atoms with van der Waals surface area (Å²) in [5, 5.41) is 0.492. The number of hydrogen-bond acceptors (Lipinski definition) is 10. The molecule has 0 aromatic rings. The lowest BCUT2D eigenvalue weighted by Crippen LogP contribution is -2.33. The van der Waals surface area contributed by atoms with Crippen molar-refractivity contribution in [1.29, 1.82) is 0 Å². The maximum absolute atomic E-state index is 11.6. The highest BCUT2D eigenvalue weighted by molar-refractivity contribution is 6.12. The van der Waals surface area contributed by atoms with Crippen molar-refractivity contribution in [2.45, 2.75) is 32.5 Å². The number of hydrogen-bond donors (Lipinski definition) is 0. The van der Waals surface area contributed by atoms with Crippen LogP contribution in [0.4, 0.5) is 0 Å². The van der Waals surface area contributed by atoms with Crippen molar-refractivity contribution in [1.82, 2.24) is 9.96 Å². The zero-order valence-corrected chi connectivity index (χ0v) is 17.3. The Morgan fingerprint density at radius 1 is 0.871 bits per heavy atom. The van der Waals surface area contributed by atoms with Gasteiger partial charge in [-0.3, -0.25) is 24.1 Å². The van der Waals surface area contributed by atoms with Crippen LogP contribution in [0.1, 0.15) is 26.2 Å². The molecule has 2 aliphatic heterocycles. The number of nitrogens with zero attached hydrogens (tertiary/aromatic N) is 2. The van der Waals surface area contributed by atoms with Crippen molar-refractivity contribution in [3.63, 3.8) is 0 Å². The molecule has 1 saturated heterocycles. The first-order valence-electron chi connectivity index (χ1n) is 9.87. The summed E-state index contributed by atoms with van der Waals surface area (Å²) in [4.78, 5) is 62.8. The van der Waals surface area contributed by atoms with Crippen LogP contribution in [0.2, 0.25) is 0 Å². The fourth-order valence-electron chi connectivity index (χ4n) is 2.56. The van der Waals surface area contributed by atoms with Gasteiger partial charge in [-0.2, -0.15) is 0 Å². The molecule has 0 spiro atoms. The van der Waals surface area contributed by atoms with Gasteiger partial charge < -0.3 is 23.8 Å². The number of rotatable bonds is 15. The van der Waals surface area contributed by atoms with Gasteiger partial charge in [0.05, 0.1) is 52.6 Å². The van der Waals surface area contributed by atoms with Gasteiger partial charge in [-0.15, -0.1) is 5.06 Å². The summed E-state index contributed by atoms with van der Waals surface area (Å²) in [6.45, 7) is 3.25. The summed E-state index contributed by atoms with van der Waals surface area (Å²) < 4.78 is 21.3. The molecular formula is C19H26N2O10. The van der Waals surface area contributed by atoms with Crippen molar-refractivity contribution < 1.29 is 47.8 Å². The van der Waals surface area contributed by atoms with Gasteiger partial charge in [0.15, 0.2) is 6.29 Å². The molecule has 0 saturated carbocycles. The average molecular weight is 442 g/mol. The monoisotopic (exact) mass is 442 g/mol. The largest absolute Gasteiger partial charge is 0.377 e. The van der Waals surface area contributed by atoms with Crippen molar-refractivity contribution >= 4 is 29.6 Å². The Kier molecular flexibility index (Phi) is 10.2. The highest BCUT2D eigenvalue weighted by Crippen LogP contribution is 2.12. The van der Waals surface area contributed by atoms with E-state index in [0.717, 1.165) is 4.90 Å². The van der Waals surface area contributed by atoms with Gasteiger partial charge in [-0.25, -0.2) is 4.79 Å². The summed E-state index contributed by atoms with van der Waals surface area (Å²) in [5.41, 5.74) is 0. The first kappa shape index (κ1) is 24.6. The Balaban J connectivity index is 1.39. The molecule has 1 atom stereocenters. The lowest BCUT2D eigenvalue weighted by atomic mass is 10.4. The van der Waals surface area contributed by atoms with Crippen molar-refractivity contribution in [2.24, 2.45) is 0 Å². The van der Waals surface area contributed by atoms with E-state index in [1.165, 1.54) is 12.2 Å². The molecule has 0 bridgehead atoms. The predicted molar refractivity (Wildman–Crippen MR) is 101 cm³/mol. The van der Waals surface area contributed by atoms with E-state index in [9.17, 15) is 24.0 Å². The van der Waals surface area contributed by atoms with Crippen LogP contribution in [0.15, 0.2) is 12.2 Å². The zero-order valence-electron chi connectivity index (χ0n) is 17.3. The van der Waals surface area contributed by atoms with Gasteiger partial charge in [0.1, 0.15) is 0 Å². The lowest BCUT2D eigenvalue weighted by Gasteiger charge is -2.15. The Morgan fingerprint density at radius 2 is 1.42 bits per heavy atom. The summed E-state index contributed by atoms with van der Waals surface area (Å²) in [7, 11) is 0. The minimum Gasteiger partial charge on any atom is -0.377 e. The predicted octanol–water partition coefficient (Wildman–Crippen LogP) is -0.679. The van der Waals surface area contributed by atoms with Crippen molar-refractivity contribution in [3.05, 3.63) is 12.2 Å². The van der Waals surface area contributed by atoms with E-state index in [1.54, 1.807) is 6.92 Å². The summed E-state index contributed by atoms with van der Waals surface area (Å²) in [6.07, 6.45) is 1.80. The van der Waals surface area contributed by atoms with Gasteiger partial charge in [-0.1, -0.05) is 0 Å². The van der Waals surface area contributed by atoms with Gasteiger partial charge in [-0.05, 0) is 6.92 Å². The molecule has 1 fully saturated rings. The fraction of sp³-hybridized carbons (Fsp3) is 0.632. The maximum atomic E-state index is 11.6. The van der Waals surface area contributed by atoms with Gasteiger partial charge in [0.25, 0.3) is 23.6 Å². The van der Waals surface area contributed by atoms with Crippen LogP contribution in [0.3, 0.4) is 0 Å². The van der Waals surface area contributed by atoms with Gasteiger partial charge >= 0.3 is 5.97 Å². The van der Waals surface area contributed by atoms with E-state index < -0.39 is 24.1 Å². The molecule has 0 aliphatic carbocycles. The second-order valence-corrected chi connectivity index (χ2v) is 6.49. The first-order valence-corrected chi connectivity index (χ1v) is 9.87. The Morgan fingerprint density at radius 3 is 2.06 bits per heavy atom. The summed E-state index contributed by atoms with van der Waals surface area (Å²) in [6, 6.07) is 0. The molecule has 0 aromatic heterocycles. The number of imide groups is 2. The third-order valence-corrected chi connectivity index (χ3v) is 4.17. The van der Waals surface area contributed by atoms with Gasteiger partial charge in [0.2, 0.25) is 0 Å². The fourth-order valence-corrected chi connectivity index (χ4v) is 2.56. The average Bonchev–Trinajstić information content (AvgIpc) is 3.22. The third-order valence-electron chi connectivity index (χ3n) is 4.17. The molecule has 2 heterocycles. The molecule has 2 aliphatic rings. The first-order chi connectivity index (χ1) is 14.9. The number of ether oxygens (including phenoxy) is 4. The number of amides is 4. The molecule has 172 valence electrons. The molecule has 12 nitrogen and oxygen atoms in total. The minimum atomic E-state index is -0.742. The summed E-state index contributed by atoms with van der Waals surface area (Å²) >= 11 is 0. The molecule has 2 rings (SSSR count). The van der Waals surface area contributed by atoms with E-state index >= 15 is 0 Å². The maximum Gasteiger partial charge on any atom is 0.335 e. The minimum absolute atomic E-state index is 0.00244. The van der Waals surface area contributed by atoms with E-state index in [0.29, 0.717) is 24.9 Å². The van der Waals surface area contributed by atoms with Crippen molar-refractivity contribution in [3.8, 4) is 0 Å². The van der Waals surface area contributed by atoms with Crippen LogP contribution in [0, 0.1) is 0 Å². The van der Waals surface area contributed by atoms with Crippen LogP contribution in [-0.2, 0) is 47.8 Å². The molecule has 0 radical (unpaired) electrons. The topological polar surface area (TPSA) is 138 Å². The SMILES string of the molecule is CC(OCCOCCOCCN1C(=O)C=CC1=O)OCCC(=O)ON1C(=O)CCC1=O. The zero-order chi connectivity index (χ0) is 22.6. The van der Waals surface area contributed by atoms with Crippen LogP contribution in [-0.4, -0.2) is 92.0 Å². The highest BCUT2D eigenvalue weighted by atomic mass is 16.7. The molecular weight excluding hydrogens is 416 g/mol. The Hall–Kier alpha value is -2.67. The van der Waals surface area contributed by atoms with E-state index in [-0.39, 0.29) is 57.4 Å². The van der Waals surface area contributed by atoms with Crippen LogP contribution in [0.25, 0.3) is 0 Å². The molecule has 0 aromatic carbocycles. The highest BCUT2D eigenvalue weighted by Gasteiger charge is 2.32. The van der Waals surface area contributed by atoms with E-state index in [2.05, 4.69) is 0 Å². The third kappa shape index (κ3) is 8.53. The Labute approximate surface area is 178 Å². The molecule has 1 unspecified atom stereocenters. The smallest absolute Gasteiger partial charge is 0.335 e. The van der Waals surface area contributed by atoms with Gasteiger partial charge in [0, 0.05) is 25.0 Å². The van der Waals surface area contributed by atoms with Crippen LogP contribution < -0.4 is 0 Å². The van der Waals surface area contributed by atoms with E-state index in [4.69, 9.17) is 23.8 Å². The standard InChI is InChI=1S/C19H26N2O10/c1-14(29-8-6-19(26)31-21-17(24)4-5-18(21)25)30-13-12-28-11-10-27-9-7-20-15(22)2-3-16(20)23/h2-3,14H,4-13H2,1H3. The summed E-state index contributed by atoms with van der Waals surface area (Å²) in [5.74, 6) is -2.49. The number of hydroxylamine groups is 2. The van der Waals surface area contributed by atoms with Crippen LogP contribution in [0.5, 0.6) is 0 Å². The molecule has 0 N–H and O–H groups in total. The number of carbonyl (C=O) groups excluding carboxylic acids is 5.